The molecule has 0 aliphatic rings. The van der Waals surface area contributed by atoms with Crippen LogP contribution in [-0.4, -0.2) is 0 Å². The molecule has 0 aliphatic carbocycles. The van der Waals surface area contributed by atoms with Crippen LogP contribution in [0.25, 0.3) is 166 Å². The van der Waals surface area contributed by atoms with Crippen molar-refractivity contribution in [2.75, 3.05) is 9.80 Å². The van der Waals surface area contributed by atoms with Crippen LogP contribution in [0.5, 0.6) is 0 Å². The Bertz CT molecular complexity index is 7840. The molecule has 21 aromatic rings. The maximum absolute atomic E-state index is 7.10. The molecule has 0 bridgehead atoms. The van der Waals surface area contributed by atoms with Crippen LogP contribution in [0.3, 0.4) is 0 Å². The molecule has 0 aliphatic heterocycles. The van der Waals surface area contributed by atoms with E-state index in [9.17, 15) is 0 Å². The zero-order valence-corrected chi connectivity index (χ0v) is 75.8. The van der Waals surface area contributed by atoms with E-state index in [2.05, 4.69) is 498 Å². The van der Waals surface area contributed by atoms with E-state index < -0.39 is 0 Å². The summed E-state index contributed by atoms with van der Waals surface area (Å²) in [4.78, 5) is 4.95. The first-order chi connectivity index (χ1) is 63.1. The summed E-state index contributed by atoms with van der Waals surface area (Å²) in [7, 11) is 0. The first-order valence-electron chi connectivity index (χ1n) is 45.7. The Labute approximate surface area is 763 Å². The van der Waals surface area contributed by atoms with Gasteiger partial charge in [-0.1, -0.05) is 428 Å². The Morgan fingerprint density at radius 1 is 0.208 bits per heavy atom. The van der Waals surface area contributed by atoms with Crippen molar-refractivity contribution in [3.8, 4) is 100 Å². The summed E-state index contributed by atoms with van der Waals surface area (Å²) in [5.74, 6) is 0. The van der Waals surface area contributed by atoms with Crippen molar-refractivity contribution in [1.82, 2.24) is 0 Å². The summed E-state index contributed by atoms with van der Waals surface area (Å²) in [6.45, 7) is 25.9. The lowest BCUT2D eigenvalue weighted by Gasteiger charge is -2.31. The lowest BCUT2D eigenvalue weighted by atomic mass is 9.75. The average molecular weight is 1680 g/mol. The van der Waals surface area contributed by atoms with Gasteiger partial charge in [0, 0.05) is 66.3 Å². The molecule has 130 heavy (non-hydrogen) atoms. The van der Waals surface area contributed by atoms with E-state index in [1.54, 1.807) is 0 Å². The van der Waals surface area contributed by atoms with Crippen LogP contribution >= 0.6 is 0 Å². The lowest BCUT2D eigenvalue weighted by molar-refractivity contribution is 0.517. The van der Waals surface area contributed by atoms with Gasteiger partial charge in [-0.15, -0.1) is 0 Å². The van der Waals surface area contributed by atoms with Crippen LogP contribution in [0, 0.1) is 0 Å². The molecule has 19 aromatic carbocycles. The molecule has 0 radical (unpaired) electrons. The number of para-hydroxylation sites is 7. The highest BCUT2D eigenvalue weighted by molar-refractivity contribution is 6.14. The van der Waals surface area contributed by atoms with Gasteiger partial charge in [-0.3, -0.25) is 0 Å². The van der Waals surface area contributed by atoms with Crippen LogP contribution in [0.15, 0.2) is 427 Å². The minimum atomic E-state index is -0.316. The molecule has 0 spiro atoms. The molecule has 630 valence electrons. The largest absolute Gasteiger partial charge is 0.455 e. The van der Waals surface area contributed by atoms with Gasteiger partial charge in [0.2, 0.25) is 0 Å². The van der Waals surface area contributed by atoms with Crippen LogP contribution < -0.4 is 9.80 Å². The van der Waals surface area contributed by atoms with E-state index in [4.69, 9.17) is 8.83 Å². The molecule has 4 heteroatoms. The second-order valence-corrected chi connectivity index (χ2v) is 38.9. The number of rotatable bonds is 18. The Hall–Kier alpha value is -15.1. The second-order valence-electron chi connectivity index (χ2n) is 38.9. The van der Waals surface area contributed by atoms with Crippen LogP contribution in [0.1, 0.15) is 104 Å². The fourth-order valence-electron chi connectivity index (χ4n) is 19.7. The third-order valence-corrected chi connectivity index (χ3v) is 26.7. The van der Waals surface area contributed by atoms with Crippen molar-refractivity contribution in [3.05, 3.63) is 446 Å². The van der Waals surface area contributed by atoms with E-state index in [0.29, 0.717) is 0 Å². The van der Waals surface area contributed by atoms with Crippen LogP contribution in [-0.2, 0) is 28.1 Å². The van der Waals surface area contributed by atoms with E-state index >= 15 is 0 Å². The summed E-state index contributed by atoms with van der Waals surface area (Å²) < 4.78 is 13.7. The highest BCUT2D eigenvalue weighted by Crippen LogP contribution is 2.53. The maximum atomic E-state index is 7.10. The molecule has 0 saturated carbocycles. The smallest absolute Gasteiger partial charge is 0.143 e. The minimum Gasteiger partial charge on any atom is -0.455 e. The van der Waals surface area contributed by atoms with Gasteiger partial charge in [0.05, 0.1) is 22.7 Å². The summed E-state index contributed by atoms with van der Waals surface area (Å²) in [5.41, 5.74) is 36.3. The van der Waals surface area contributed by atoms with Gasteiger partial charge in [0.25, 0.3) is 0 Å². The maximum Gasteiger partial charge on any atom is 0.143 e. The normalized spacial score (nSPS) is 12.1. The Kier molecular flexibility index (Phi) is 20.8. The number of nitrogens with zero attached hydrogens (tertiary/aromatic N) is 2. The number of anilines is 6. The summed E-state index contributed by atoms with van der Waals surface area (Å²) in [6, 6.07) is 155. The number of furan rings is 2. The van der Waals surface area contributed by atoms with Gasteiger partial charge in [0.15, 0.2) is 0 Å². The predicted molar refractivity (Wildman–Crippen MR) is 554 cm³/mol. The van der Waals surface area contributed by atoms with Crippen LogP contribution in [0.2, 0.25) is 0 Å². The number of fused-ring (bicyclic) bond motifs is 8. The summed E-state index contributed by atoms with van der Waals surface area (Å²) in [6.07, 6.45) is 0.793. The van der Waals surface area contributed by atoms with Gasteiger partial charge >= 0.3 is 0 Å². The van der Waals surface area contributed by atoms with Gasteiger partial charge in [-0.2, -0.15) is 0 Å². The molecule has 0 amide bonds. The number of hydrogen-bond donors (Lipinski definition) is 0. The van der Waals surface area contributed by atoms with Crippen molar-refractivity contribution in [3.63, 3.8) is 0 Å². The Morgan fingerprint density at radius 3 is 0.992 bits per heavy atom. The highest BCUT2D eigenvalue weighted by atomic mass is 16.3. The Morgan fingerprint density at radius 2 is 0.523 bits per heavy atom. The first kappa shape index (κ1) is 81.9. The van der Waals surface area contributed by atoms with Crippen molar-refractivity contribution >= 4 is 99.5 Å². The molecule has 0 fully saturated rings. The third kappa shape index (κ3) is 15.3. The average Bonchev–Trinajstić information content (AvgIpc) is 1.06. The zero-order chi connectivity index (χ0) is 88.7. The Balaban J connectivity index is 0.631. The van der Waals surface area contributed by atoms with Crippen molar-refractivity contribution in [1.29, 1.82) is 0 Å². The van der Waals surface area contributed by atoms with Crippen molar-refractivity contribution in [2.24, 2.45) is 0 Å². The molecule has 0 N–H and O–H groups in total. The zero-order valence-electron chi connectivity index (χ0n) is 75.8. The molecule has 2 heterocycles. The van der Waals surface area contributed by atoms with Gasteiger partial charge in [-0.05, 0) is 211 Å². The molecule has 0 saturated heterocycles. The molecular formula is C126H104N2O2. The molecule has 2 aromatic heterocycles. The molecule has 0 unspecified atom stereocenters. The summed E-state index contributed by atoms with van der Waals surface area (Å²) in [5, 5.41) is 9.23. The third-order valence-electron chi connectivity index (χ3n) is 26.7. The first-order valence-corrected chi connectivity index (χ1v) is 45.7. The van der Waals surface area contributed by atoms with Crippen LogP contribution in [0.4, 0.5) is 34.1 Å². The van der Waals surface area contributed by atoms with E-state index in [1.807, 2.05) is 6.07 Å². The predicted octanol–water partition coefficient (Wildman–Crippen LogP) is 36.1. The van der Waals surface area contributed by atoms with Crippen molar-refractivity contribution < 1.29 is 8.83 Å². The SMILES string of the molecule is CC(C)(C)c1cc(-c2cccc3cccc(-c4ccccc4N(c4ccc(-c5cccc6c5oc5ccc(CC(C)(C)c7cc(-c8cccc9cccc(-c%10ccccc%10N(c%10ccc(-c%11cccc%12c%11oc%11ccccc%11%12)cc%10)c%10ccccc%10-c%10ccc(-c%11ccccc%11)cc%10)c89)cc(C(C)(C)C)c7)cc56)cc4)c4ccccc4-c4ccccc4)c23)cc(C(C)(C)C)c1. The van der Waals surface area contributed by atoms with Gasteiger partial charge < -0.3 is 18.6 Å². The van der Waals surface area contributed by atoms with E-state index in [0.717, 1.165) is 146 Å². The monoisotopic (exact) mass is 1680 g/mol. The molecule has 0 atom stereocenters. The fraction of sp³-hybridized carbons (Fsp3) is 0.127. The number of benzene rings is 19. The molecular weight excluding hydrogens is 1570 g/mol. The van der Waals surface area contributed by atoms with Gasteiger partial charge in [0.1, 0.15) is 22.3 Å². The molecule has 21 rings (SSSR count). The number of hydrogen-bond acceptors (Lipinski definition) is 4. The summed E-state index contributed by atoms with van der Waals surface area (Å²) >= 11 is 0. The highest BCUT2D eigenvalue weighted by Gasteiger charge is 2.31. The van der Waals surface area contributed by atoms with Gasteiger partial charge in [-0.25, -0.2) is 0 Å². The molecule has 4 nitrogen and oxygen atoms in total. The second kappa shape index (κ2) is 33.0. The van der Waals surface area contributed by atoms with Crippen molar-refractivity contribution in [2.45, 2.75) is 104 Å². The van der Waals surface area contributed by atoms with E-state index in [1.165, 1.54) is 88.3 Å². The standard InChI is InChI=1S/C126H104N2O2/c1-123(2,3)93-75-91(76-94(79-93)124(4,5)6)101-47-28-38-89-40-30-51-108(119(89)101)105-44-20-25-57-115(105)127(113-55-23-18-42-99(113)85-36-16-13-17-37-85)97-71-67-88(68-72-97)104-50-33-54-111-112-74-82(60-73-118(112)130-122(104)111)81-126(10,11)96-78-92(77-95(80-96)125(7,8)9)102-48-29-39-90-41-31-52-109(120(90)102)106-45-21-26-58-116(106)128(114-56-24-19-43-100(114)86-63-61-84(62-64-86)83-34-14-12-15-35-83)98-69-65-87(66-70-98)103-49-32-53-110-107-46-22-27-59-117(107)129-121(103)110/h12-80H,81H2,1-11H3. The fourth-order valence-corrected chi connectivity index (χ4v) is 19.7. The lowest BCUT2D eigenvalue weighted by Crippen LogP contribution is -2.22. The topological polar surface area (TPSA) is 32.8 Å². The quantitative estimate of drug-likeness (QED) is 0.0857. The van der Waals surface area contributed by atoms with E-state index in [-0.39, 0.29) is 21.7 Å². The minimum absolute atomic E-state index is 0.0462.